The summed E-state index contributed by atoms with van der Waals surface area (Å²) in [6.07, 6.45) is -2.81. The number of aliphatic imine (C=N–C) groups is 1. The number of allylic oxidation sites excluding steroid dienone is 2. The largest absolute Gasteiger partial charge is 0.416 e. The quantitative estimate of drug-likeness (QED) is 0.422. The molecule has 1 aromatic carbocycles. The third-order valence-electron chi connectivity index (χ3n) is 2.69. The van der Waals surface area contributed by atoms with Gasteiger partial charge in [-0.25, -0.2) is 0 Å². The summed E-state index contributed by atoms with van der Waals surface area (Å²) in [5.41, 5.74) is 0.358. The molecule has 0 saturated carbocycles. The lowest BCUT2D eigenvalue weighted by atomic mass is 9.92. The van der Waals surface area contributed by atoms with Crippen molar-refractivity contribution in [1.82, 2.24) is 0 Å². The standard InChI is InChI=1S/C15H17ClF3NS/c1-14(2,3)13(12(21)8-16)20-9-10-4-6-11(7-5-10)15(17,18)19/h4-7,9,21H,8H2,1-3H3/b13-12-,20-9?. The molecule has 0 aromatic heterocycles. The fourth-order valence-corrected chi connectivity index (χ4v) is 2.18. The predicted octanol–water partition coefficient (Wildman–Crippen LogP) is 5.55. The van der Waals surface area contributed by atoms with Crippen LogP contribution in [-0.4, -0.2) is 12.1 Å². The highest BCUT2D eigenvalue weighted by Gasteiger charge is 2.29. The summed E-state index contributed by atoms with van der Waals surface area (Å²) in [6.45, 7) is 5.90. The molecule has 21 heavy (non-hydrogen) atoms. The first-order valence-electron chi connectivity index (χ1n) is 6.25. The van der Waals surface area contributed by atoms with Crippen molar-refractivity contribution in [2.75, 3.05) is 5.88 Å². The zero-order valence-corrected chi connectivity index (χ0v) is 13.7. The molecular formula is C15H17ClF3NS. The number of thiol groups is 1. The Morgan fingerprint density at radius 2 is 1.71 bits per heavy atom. The van der Waals surface area contributed by atoms with E-state index in [9.17, 15) is 13.2 Å². The molecule has 0 saturated heterocycles. The Labute approximate surface area is 133 Å². The van der Waals surface area contributed by atoms with E-state index in [-0.39, 0.29) is 11.3 Å². The molecule has 1 nitrogen and oxygen atoms in total. The summed E-state index contributed by atoms with van der Waals surface area (Å²) < 4.78 is 37.4. The molecule has 0 unspecified atom stereocenters. The van der Waals surface area contributed by atoms with Crippen molar-refractivity contribution in [3.8, 4) is 0 Å². The zero-order chi connectivity index (χ0) is 16.3. The Morgan fingerprint density at radius 1 is 1.19 bits per heavy atom. The van der Waals surface area contributed by atoms with E-state index in [1.807, 2.05) is 20.8 Å². The molecule has 0 fully saturated rings. The molecule has 1 aromatic rings. The Kier molecular flexibility index (Phi) is 5.93. The molecule has 0 atom stereocenters. The Hall–Kier alpha value is -0.940. The maximum Gasteiger partial charge on any atom is 0.416 e. The minimum atomic E-state index is -4.33. The second kappa shape index (κ2) is 6.88. The number of hydrogen-bond donors (Lipinski definition) is 1. The van der Waals surface area contributed by atoms with Gasteiger partial charge < -0.3 is 0 Å². The van der Waals surface area contributed by atoms with Crippen LogP contribution in [-0.2, 0) is 6.18 Å². The highest BCUT2D eigenvalue weighted by molar-refractivity contribution is 7.84. The van der Waals surface area contributed by atoms with Gasteiger partial charge >= 0.3 is 6.18 Å². The molecule has 6 heteroatoms. The second-order valence-electron chi connectivity index (χ2n) is 5.56. The van der Waals surface area contributed by atoms with Crippen molar-refractivity contribution < 1.29 is 13.2 Å². The zero-order valence-electron chi connectivity index (χ0n) is 12.0. The monoisotopic (exact) mass is 335 g/mol. The van der Waals surface area contributed by atoms with Crippen LogP contribution in [0.25, 0.3) is 0 Å². The van der Waals surface area contributed by atoms with Crippen molar-refractivity contribution >= 4 is 30.4 Å². The summed E-state index contributed by atoms with van der Waals surface area (Å²) in [5, 5.41) is 0. The molecule has 0 bridgehead atoms. The van der Waals surface area contributed by atoms with Crippen LogP contribution in [0.2, 0.25) is 0 Å². The fraction of sp³-hybridized carbons (Fsp3) is 0.400. The highest BCUT2D eigenvalue weighted by Crippen LogP contribution is 2.31. The molecule has 0 amide bonds. The molecular weight excluding hydrogens is 319 g/mol. The molecule has 116 valence electrons. The van der Waals surface area contributed by atoms with E-state index in [0.29, 0.717) is 16.2 Å². The second-order valence-corrected chi connectivity index (χ2v) is 6.36. The van der Waals surface area contributed by atoms with Crippen LogP contribution in [0, 0.1) is 5.41 Å². The van der Waals surface area contributed by atoms with Crippen LogP contribution in [0.15, 0.2) is 39.9 Å². The van der Waals surface area contributed by atoms with E-state index in [4.69, 9.17) is 11.6 Å². The van der Waals surface area contributed by atoms with Gasteiger partial charge in [-0.1, -0.05) is 32.9 Å². The van der Waals surface area contributed by atoms with Crippen LogP contribution in [0.1, 0.15) is 31.9 Å². The van der Waals surface area contributed by atoms with Crippen molar-refractivity contribution in [3.05, 3.63) is 46.0 Å². The van der Waals surface area contributed by atoms with E-state index < -0.39 is 11.7 Å². The lowest BCUT2D eigenvalue weighted by molar-refractivity contribution is -0.137. The normalized spacial score (nSPS) is 14.5. The van der Waals surface area contributed by atoms with E-state index in [2.05, 4.69) is 17.6 Å². The smallest absolute Gasteiger partial charge is 0.259 e. The van der Waals surface area contributed by atoms with Gasteiger partial charge in [-0.2, -0.15) is 13.2 Å². The molecule has 0 aliphatic heterocycles. The Bertz CT molecular complexity index is 540. The van der Waals surface area contributed by atoms with Crippen molar-refractivity contribution in [2.24, 2.45) is 10.4 Å². The minimum absolute atomic E-state index is 0.236. The van der Waals surface area contributed by atoms with Crippen molar-refractivity contribution in [2.45, 2.75) is 26.9 Å². The van der Waals surface area contributed by atoms with Crippen LogP contribution < -0.4 is 0 Å². The molecule has 0 aliphatic rings. The van der Waals surface area contributed by atoms with Gasteiger partial charge in [0.05, 0.1) is 17.1 Å². The predicted molar refractivity (Wildman–Crippen MR) is 85.2 cm³/mol. The van der Waals surface area contributed by atoms with E-state index in [1.54, 1.807) is 0 Å². The molecule has 0 heterocycles. The lowest BCUT2D eigenvalue weighted by Crippen LogP contribution is -2.10. The van der Waals surface area contributed by atoms with Gasteiger partial charge in [0.1, 0.15) is 0 Å². The first-order chi connectivity index (χ1) is 9.55. The van der Waals surface area contributed by atoms with Gasteiger partial charge in [0.2, 0.25) is 0 Å². The number of rotatable bonds is 3. The number of halogens is 4. The topological polar surface area (TPSA) is 12.4 Å². The van der Waals surface area contributed by atoms with Crippen LogP contribution in [0.5, 0.6) is 0 Å². The third-order valence-corrected chi connectivity index (χ3v) is 3.51. The first-order valence-corrected chi connectivity index (χ1v) is 7.23. The van der Waals surface area contributed by atoms with E-state index >= 15 is 0 Å². The fourth-order valence-electron chi connectivity index (χ4n) is 1.66. The molecule has 1 rings (SSSR count). The van der Waals surface area contributed by atoms with Crippen LogP contribution in [0.3, 0.4) is 0 Å². The molecule has 0 spiro atoms. The van der Waals surface area contributed by atoms with Gasteiger partial charge in [-0.3, -0.25) is 4.99 Å². The average Bonchev–Trinajstić information content (AvgIpc) is 2.36. The van der Waals surface area contributed by atoms with Crippen molar-refractivity contribution in [3.63, 3.8) is 0 Å². The summed E-state index contributed by atoms with van der Waals surface area (Å²) in [4.78, 5) is 4.99. The number of nitrogens with zero attached hydrogens (tertiary/aromatic N) is 1. The maximum atomic E-state index is 12.5. The molecule has 0 N–H and O–H groups in total. The summed E-state index contributed by atoms with van der Waals surface area (Å²) in [7, 11) is 0. The van der Waals surface area contributed by atoms with Crippen molar-refractivity contribution in [1.29, 1.82) is 0 Å². The average molecular weight is 336 g/mol. The van der Waals surface area contributed by atoms with E-state index in [1.165, 1.54) is 18.3 Å². The van der Waals surface area contributed by atoms with Gasteiger partial charge in [0.15, 0.2) is 0 Å². The highest BCUT2D eigenvalue weighted by atomic mass is 35.5. The van der Waals surface area contributed by atoms with Gasteiger partial charge in [-0.15, -0.1) is 24.2 Å². The summed E-state index contributed by atoms with van der Waals surface area (Å²) in [5.74, 6) is 0.236. The molecule has 0 radical (unpaired) electrons. The summed E-state index contributed by atoms with van der Waals surface area (Å²) >= 11 is 10.1. The number of hydrogen-bond acceptors (Lipinski definition) is 2. The van der Waals surface area contributed by atoms with Crippen LogP contribution in [0.4, 0.5) is 13.2 Å². The van der Waals surface area contributed by atoms with Gasteiger partial charge in [-0.05, 0) is 17.7 Å². The van der Waals surface area contributed by atoms with Crippen LogP contribution >= 0.6 is 24.2 Å². The van der Waals surface area contributed by atoms with E-state index in [0.717, 1.165) is 12.1 Å². The SMILES string of the molecule is CC(C)(C)/C(N=Cc1ccc(C(F)(F)F)cc1)=C(/S)CCl. The Morgan fingerprint density at radius 3 is 2.10 bits per heavy atom. The summed E-state index contributed by atoms with van der Waals surface area (Å²) in [6, 6.07) is 4.83. The number of benzene rings is 1. The number of alkyl halides is 4. The lowest BCUT2D eigenvalue weighted by Gasteiger charge is -2.21. The first kappa shape index (κ1) is 18.1. The third kappa shape index (κ3) is 5.40. The van der Waals surface area contributed by atoms with Gasteiger partial charge in [0.25, 0.3) is 0 Å². The molecule has 0 aliphatic carbocycles. The van der Waals surface area contributed by atoms with Gasteiger partial charge in [0, 0.05) is 16.5 Å². The Balaban J connectivity index is 3.04. The minimum Gasteiger partial charge on any atom is -0.259 e. The maximum absolute atomic E-state index is 12.5.